The summed E-state index contributed by atoms with van der Waals surface area (Å²) in [5, 5.41) is 8.01. The molecule has 12 nitrogen and oxygen atoms in total. The van der Waals surface area contributed by atoms with Crippen LogP contribution in [0.5, 0.6) is 0 Å². The molecule has 0 aliphatic heterocycles. The number of nitrogens with one attached hydrogen (secondary N) is 1. The van der Waals surface area contributed by atoms with Crippen LogP contribution in [-0.4, -0.2) is 44.6 Å². The summed E-state index contributed by atoms with van der Waals surface area (Å²) in [7, 11) is -14.5. The Balaban J connectivity index is 2.57. The molecule has 0 saturated heterocycles. The molecule has 1 aliphatic carbocycles. The fourth-order valence-electron chi connectivity index (χ4n) is 3.64. The first-order valence-corrected chi connectivity index (χ1v) is 14.1. The summed E-state index contributed by atoms with van der Waals surface area (Å²) >= 11 is 0. The molecule has 8 N–H and O–H groups in total. The molecule has 2 aromatic rings. The highest BCUT2D eigenvalue weighted by Gasteiger charge is 2.27. The predicted octanol–water partition coefficient (Wildman–Crippen LogP) is 2.21. The summed E-state index contributed by atoms with van der Waals surface area (Å²) in [5.74, 6) is 0. The molecule has 2 aromatic carbocycles. The number of nitrogens with two attached hydrogens (primary N) is 2. The third kappa shape index (κ3) is 5.25. The van der Waals surface area contributed by atoms with Crippen molar-refractivity contribution < 1.29 is 38.9 Å². The summed E-state index contributed by atoms with van der Waals surface area (Å²) in [4.78, 5) is -2.10. The Morgan fingerprint density at radius 1 is 0.778 bits per heavy atom. The van der Waals surface area contributed by atoms with Gasteiger partial charge in [-0.1, -0.05) is 6.07 Å². The summed E-state index contributed by atoms with van der Waals surface area (Å²) in [5.41, 5.74) is 10.9. The molecule has 3 rings (SSSR count). The van der Waals surface area contributed by atoms with Gasteiger partial charge in [-0.2, -0.15) is 25.3 Å². The van der Waals surface area contributed by atoms with Crippen molar-refractivity contribution >= 4 is 53.0 Å². The number of anilines is 2. The molecule has 36 heavy (non-hydrogen) atoms. The van der Waals surface area contributed by atoms with Gasteiger partial charge < -0.3 is 11.5 Å². The van der Waals surface area contributed by atoms with E-state index in [1.807, 2.05) is 0 Å². The van der Waals surface area contributed by atoms with Gasteiger partial charge in [0.05, 0.1) is 17.1 Å². The lowest BCUT2D eigenvalue weighted by Gasteiger charge is -2.20. The maximum Gasteiger partial charge on any atom is 0.296 e. The molecule has 0 saturated carbocycles. The van der Waals surface area contributed by atoms with E-state index < -0.39 is 50.8 Å². The Morgan fingerprint density at radius 2 is 1.33 bits per heavy atom. The fourth-order valence-corrected chi connectivity index (χ4v) is 5.69. The van der Waals surface area contributed by atoms with Crippen LogP contribution in [0, 0.1) is 12.3 Å². The first-order valence-electron chi connectivity index (χ1n) is 9.78. The van der Waals surface area contributed by atoms with Gasteiger partial charge in [0.2, 0.25) is 0 Å². The Hall–Kier alpha value is -3.34. The Labute approximate surface area is 207 Å². The van der Waals surface area contributed by atoms with Gasteiger partial charge in [0.1, 0.15) is 14.7 Å². The molecule has 15 heteroatoms. The lowest BCUT2D eigenvalue weighted by Crippen LogP contribution is -2.17. The van der Waals surface area contributed by atoms with Crippen LogP contribution in [0.2, 0.25) is 0 Å². The van der Waals surface area contributed by atoms with Crippen molar-refractivity contribution in [2.75, 3.05) is 11.5 Å². The standard InChI is InChI=1S/C21H21N3O9S3/c1-10-5-13(8-17(20(10)23)35(28,29)30)19(12-3-4-15(22)16(7-12)34(25,26)27)14-6-11(2)21(24)18(9-14)36(31,32)33/h3-9,23H,22,24H2,1-2H3,(H,25,26,27)(H,28,29,30)(H,31,32,33)/b19-13-,23-20?. The van der Waals surface area contributed by atoms with Crippen LogP contribution in [0.15, 0.2) is 68.3 Å². The molecule has 192 valence electrons. The van der Waals surface area contributed by atoms with Crippen LogP contribution in [-0.2, 0) is 30.4 Å². The van der Waals surface area contributed by atoms with Crippen molar-refractivity contribution in [3.05, 3.63) is 75.2 Å². The number of rotatable bonds is 5. The van der Waals surface area contributed by atoms with E-state index in [1.165, 1.54) is 32.1 Å². The van der Waals surface area contributed by atoms with E-state index in [-0.39, 0.29) is 44.8 Å². The highest BCUT2D eigenvalue weighted by Crippen LogP contribution is 2.37. The monoisotopic (exact) mass is 555 g/mol. The van der Waals surface area contributed by atoms with Gasteiger partial charge in [-0.25, -0.2) is 0 Å². The van der Waals surface area contributed by atoms with E-state index in [0.29, 0.717) is 0 Å². The van der Waals surface area contributed by atoms with E-state index >= 15 is 0 Å². The first-order chi connectivity index (χ1) is 16.3. The molecule has 0 fully saturated rings. The van der Waals surface area contributed by atoms with Gasteiger partial charge in [0, 0.05) is 0 Å². The molecule has 0 spiro atoms. The van der Waals surface area contributed by atoms with E-state index in [2.05, 4.69) is 0 Å². The number of hydrogen-bond acceptors (Lipinski definition) is 9. The van der Waals surface area contributed by atoms with Gasteiger partial charge in [-0.05, 0) is 83.7 Å². The van der Waals surface area contributed by atoms with E-state index in [4.69, 9.17) is 16.9 Å². The van der Waals surface area contributed by atoms with Gasteiger partial charge in [-0.15, -0.1) is 0 Å². The quantitative estimate of drug-likeness (QED) is 0.231. The Bertz CT molecular complexity index is 1750. The molecule has 1 aliphatic rings. The smallest absolute Gasteiger partial charge is 0.296 e. The molecular weight excluding hydrogens is 534 g/mol. The second-order valence-electron chi connectivity index (χ2n) is 7.92. The minimum absolute atomic E-state index is 0.0147. The summed E-state index contributed by atoms with van der Waals surface area (Å²) in [6, 6.07) is 5.86. The highest BCUT2D eigenvalue weighted by atomic mass is 32.2. The van der Waals surface area contributed by atoms with Gasteiger partial charge in [0.15, 0.2) is 0 Å². The second kappa shape index (κ2) is 8.95. The van der Waals surface area contributed by atoms with Gasteiger partial charge >= 0.3 is 0 Å². The van der Waals surface area contributed by atoms with Crippen LogP contribution in [0.25, 0.3) is 5.57 Å². The predicted molar refractivity (Wildman–Crippen MR) is 133 cm³/mol. The minimum atomic E-state index is -4.87. The highest BCUT2D eigenvalue weighted by molar-refractivity contribution is 7.91. The SMILES string of the molecule is CC1=C/C(=C(\c2ccc(N)c(S(=O)(=O)O)c2)c2cc(C)c(N)c(S(=O)(=O)O)c2)C=C(S(=O)(=O)O)C1=N. The van der Waals surface area contributed by atoms with Gasteiger partial charge in [0.25, 0.3) is 30.4 Å². The molecular formula is C21H21N3O9S3. The van der Waals surface area contributed by atoms with Crippen LogP contribution in [0.1, 0.15) is 23.6 Å². The van der Waals surface area contributed by atoms with Gasteiger partial charge in [-0.3, -0.25) is 19.1 Å². The molecule has 0 bridgehead atoms. The molecule has 0 amide bonds. The van der Waals surface area contributed by atoms with Crippen LogP contribution in [0.4, 0.5) is 11.4 Å². The third-order valence-electron chi connectivity index (χ3n) is 5.36. The summed E-state index contributed by atoms with van der Waals surface area (Å²) in [6.07, 6.45) is 2.30. The summed E-state index contributed by atoms with van der Waals surface area (Å²) in [6.45, 7) is 2.84. The number of nitrogen functional groups attached to an aromatic ring is 2. The lowest BCUT2D eigenvalue weighted by atomic mass is 9.88. The van der Waals surface area contributed by atoms with Crippen molar-refractivity contribution in [1.82, 2.24) is 0 Å². The molecule has 0 radical (unpaired) electrons. The molecule has 0 atom stereocenters. The van der Waals surface area contributed by atoms with E-state index in [1.54, 1.807) is 0 Å². The second-order valence-corrected chi connectivity index (χ2v) is 12.1. The number of aryl methyl sites for hydroxylation is 1. The number of hydrogen-bond donors (Lipinski definition) is 6. The van der Waals surface area contributed by atoms with E-state index in [0.717, 1.165) is 24.3 Å². The van der Waals surface area contributed by atoms with Crippen molar-refractivity contribution in [3.63, 3.8) is 0 Å². The zero-order valence-electron chi connectivity index (χ0n) is 18.7. The zero-order chi connectivity index (χ0) is 27.4. The van der Waals surface area contributed by atoms with Crippen LogP contribution < -0.4 is 11.5 Å². The van der Waals surface area contributed by atoms with E-state index in [9.17, 15) is 38.9 Å². The Morgan fingerprint density at radius 3 is 1.86 bits per heavy atom. The first kappa shape index (κ1) is 27.3. The number of benzene rings is 2. The average molecular weight is 556 g/mol. The normalized spacial score (nSPS) is 16.4. The minimum Gasteiger partial charge on any atom is -0.398 e. The number of allylic oxidation sites excluding steroid dienone is 5. The lowest BCUT2D eigenvalue weighted by molar-refractivity contribution is 0.481. The molecule has 0 heterocycles. The van der Waals surface area contributed by atoms with Crippen molar-refractivity contribution in [1.29, 1.82) is 5.41 Å². The maximum atomic E-state index is 12.0. The van der Waals surface area contributed by atoms with Crippen LogP contribution in [0.3, 0.4) is 0 Å². The third-order valence-corrected chi connectivity index (χ3v) is 8.04. The van der Waals surface area contributed by atoms with Crippen molar-refractivity contribution in [2.45, 2.75) is 23.6 Å². The summed E-state index contributed by atoms with van der Waals surface area (Å²) < 4.78 is 100. The maximum absolute atomic E-state index is 12.0. The molecule has 0 aromatic heterocycles. The topological polar surface area (TPSA) is 239 Å². The average Bonchev–Trinajstić information content (AvgIpc) is 2.71. The largest absolute Gasteiger partial charge is 0.398 e. The zero-order valence-corrected chi connectivity index (χ0v) is 21.2. The molecule has 0 unspecified atom stereocenters. The van der Waals surface area contributed by atoms with Crippen molar-refractivity contribution in [2.24, 2.45) is 0 Å². The van der Waals surface area contributed by atoms with Crippen LogP contribution >= 0.6 is 0 Å². The fraction of sp³-hybridized carbons (Fsp3) is 0.0952. The Kier molecular flexibility index (Phi) is 6.78. The van der Waals surface area contributed by atoms with Crippen molar-refractivity contribution in [3.8, 4) is 0 Å².